The molecule has 0 aromatic heterocycles. The van der Waals surface area contributed by atoms with Gasteiger partial charge < -0.3 is 0 Å². The smallest absolute Gasteiger partial charge is 0.122 e. The van der Waals surface area contributed by atoms with Crippen LogP contribution in [-0.4, -0.2) is 0 Å². The van der Waals surface area contributed by atoms with Crippen LogP contribution in [0.2, 0.25) is 0 Å². The SMILES string of the molecule is C=C.C=C(C#N)C#N. The summed E-state index contributed by atoms with van der Waals surface area (Å²) in [7, 11) is 0. The molecular formula is C6H6N2. The predicted molar refractivity (Wildman–Crippen MR) is 31.6 cm³/mol. The lowest BCUT2D eigenvalue weighted by Crippen LogP contribution is -1.58. The normalized spacial score (nSPS) is 4.25. The molecule has 0 aliphatic heterocycles. The van der Waals surface area contributed by atoms with E-state index in [-0.39, 0.29) is 5.57 Å². The summed E-state index contributed by atoms with van der Waals surface area (Å²) < 4.78 is 0. The van der Waals surface area contributed by atoms with Crippen molar-refractivity contribution < 1.29 is 0 Å². The first-order chi connectivity index (χ1) is 3.81. The maximum Gasteiger partial charge on any atom is 0.122 e. The Morgan fingerprint density at radius 1 is 1.12 bits per heavy atom. The molecule has 0 heterocycles. The first-order valence-corrected chi connectivity index (χ1v) is 1.80. The fourth-order valence-corrected chi connectivity index (χ4v) is 0.0250. The van der Waals surface area contributed by atoms with Gasteiger partial charge in [-0.3, -0.25) is 0 Å². The molecule has 0 radical (unpaired) electrons. The van der Waals surface area contributed by atoms with Gasteiger partial charge in [-0.05, 0) is 0 Å². The monoisotopic (exact) mass is 106 g/mol. The third-order valence-corrected chi connectivity index (χ3v) is 0.270. The summed E-state index contributed by atoms with van der Waals surface area (Å²) in [5, 5.41) is 15.5. The molecule has 8 heavy (non-hydrogen) atoms. The van der Waals surface area contributed by atoms with Crippen LogP contribution >= 0.6 is 0 Å². The van der Waals surface area contributed by atoms with Crippen molar-refractivity contribution in [1.29, 1.82) is 10.5 Å². The third kappa shape index (κ3) is 8.82. The van der Waals surface area contributed by atoms with Gasteiger partial charge in [0.25, 0.3) is 0 Å². The maximum atomic E-state index is 7.76. The van der Waals surface area contributed by atoms with Crippen LogP contribution in [0.1, 0.15) is 0 Å². The van der Waals surface area contributed by atoms with Gasteiger partial charge in [0.1, 0.15) is 17.7 Å². The van der Waals surface area contributed by atoms with E-state index in [1.54, 1.807) is 12.1 Å². The molecule has 0 saturated carbocycles. The van der Waals surface area contributed by atoms with E-state index in [0.717, 1.165) is 0 Å². The van der Waals surface area contributed by atoms with Crippen LogP contribution in [0, 0.1) is 22.7 Å². The van der Waals surface area contributed by atoms with E-state index in [9.17, 15) is 0 Å². The Labute approximate surface area is 49.0 Å². The lowest BCUT2D eigenvalue weighted by atomic mass is 10.4. The standard InChI is InChI=1S/C4H2N2.C2H4/c1-4(2-5)3-6;1-2/h1H2;1-2H2. The Balaban J connectivity index is 0. The molecule has 0 spiro atoms. The Kier molecular flexibility index (Phi) is 11.0. The third-order valence-electron chi connectivity index (χ3n) is 0.270. The molecule has 2 heteroatoms. The topological polar surface area (TPSA) is 47.6 Å². The van der Waals surface area contributed by atoms with Crippen molar-refractivity contribution in [1.82, 2.24) is 0 Å². The zero-order chi connectivity index (χ0) is 6.99. The molecule has 0 saturated heterocycles. The summed E-state index contributed by atoms with van der Waals surface area (Å²) >= 11 is 0. The predicted octanol–water partition coefficient (Wildman–Crippen LogP) is 1.39. The Bertz CT molecular complexity index is 129. The van der Waals surface area contributed by atoms with E-state index in [2.05, 4.69) is 19.7 Å². The Hall–Kier alpha value is -1.54. The largest absolute Gasteiger partial charge is 0.192 e. The van der Waals surface area contributed by atoms with Crippen LogP contribution in [0.3, 0.4) is 0 Å². The molecule has 0 bridgehead atoms. The van der Waals surface area contributed by atoms with Gasteiger partial charge in [0.05, 0.1) is 0 Å². The van der Waals surface area contributed by atoms with Gasteiger partial charge in [-0.25, -0.2) is 0 Å². The van der Waals surface area contributed by atoms with Crippen molar-refractivity contribution >= 4 is 0 Å². The van der Waals surface area contributed by atoms with Gasteiger partial charge in [-0.2, -0.15) is 10.5 Å². The number of allylic oxidation sites excluding steroid dienone is 1. The van der Waals surface area contributed by atoms with Gasteiger partial charge in [-0.15, -0.1) is 13.2 Å². The molecule has 2 nitrogen and oxygen atoms in total. The lowest BCUT2D eigenvalue weighted by Gasteiger charge is -1.58. The molecular weight excluding hydrogens is 100 g/mol. The van der Waals surface area contributed by atoms with Crippen molar-refractivity contribution in [2.75, 3.05) is 0 Å². The molecule has 0 aliphatic rings. The van der Waals surface area contributed by atoms with E-state index < -0.39 is 0 Å². The van der Waals surface area contributed by atoms with Crippen molar-refractivity contribution in [2.24, 2.45) is 0 Å². The fourth-order valence-electron chi connectivity index (χ4n) is 0.0250. The highest BCUT2D eigenvalue weighted by Crippen LogP contribution is 1.75. The van der Waals surface area contributed by atoms with Crippen molar-refractivity contribution in [3.8, 4) is 12.1 Å². The summed E-state index contributed by atoms with van der Waals surface area (Å²) in [6.07, 6.45) is 0. The maximum absolute atomic E-state index is 7.76. The average molecular weight is 106 g/mol. The first-order valence-electron chi connectivity index (χ1n) is 1.80. The fraction of sp³-hybridized carbons (Fsp3) is 0. The molecule has 0 aromatic rings. The molecule has 0 atom stereocenters. The first kappa shape index (κ1) is 9.68. The summed E-state index contributed by atoms with van der Waals surface area (Å²) in [6, 6.07) is 3.12. The van der Waals surface area contributed by atoms with E-state index in [1.165, 1.54) is 0 Å². The van der Waals surface area contributed by atoms with Crippen LogP contribution in [0.25, 0.3) is 0 Å². The number of hydrogen-bond donors (Lipinski definition) is 0. The molecule has 0 aliphatic carbocycles. The second-order valence-electron chi connectivity index (χ2n) is 0.702. The second kappa shape index (κ2) is 9.07. The van der Waals surface area contributed by atoms with Crippen molar-refractivity contribution in [3.05, 3.63) is 25.3 Å². The summed E-state index contributed by atoms with van der Waals surface area (Å²) in [4.78, 5) is 0. The van der Waals surface area contributed by atoms with Crippen LogP contribution in [-0.2, 0) is 0 Å². The molecule has 0 amide bonds. The molecule has 40 valence electrons. The van der Waals surface area contributed by atoms with E-state index in [0.29, 0.717) is 0 Å². The molecule has 0 unspecified atom stereocenters. The quantitative estimate of drug-likeness (QED) is 0.346. The van der Waals surface area contributed by atoms with Crippen LogP contribution in [0.5, 0.6) is 0 Å². The highest BCUT2D eigenvalue weighted by molar-refractivity contribution is 5.31. The molecule has 0 rings (SSSR count). The summed E-state index contributed by atoms with van der Waals surface area (Å²) in [5.74, 6) is 0. The minimum atomic E-state index is -0.0463. The Morgan fingerprint density at radius 3 is 1.38 bits per heavy atom. The van der Waals surface area contributed by atoms with E-state index in [4.69, 9.17) is 10.5 Å². The summed E-state index contributed by atoms with van der Waals surface area (Å²) in [6.45, 7) is 9.07. The number of rotatable bonds is 0. The minimum absolute atomic E-state index is 0.0463. The lowest BCUT2D eigenvalue weighted by molar-refractivity contribution is 1.47. The molecule has 0 fully saturated rings. The van der Waals surface area contributed by atoms with Gasteiger partial charge in [0, 0.05) is 0 Å². The van der Waals surface area contributed by atoms with Crippen molar-refractivity contribution in [2.45, 2.75) is 0 Å². The number of nitrogens with zero attached hydrogens (tertiary/aromatic N) is 2. The van der Waals surface area contributed by atoms with Crippen molar-refractivity contribution in [3.63, 3.8) is 0 Å². The van der Waals surface area contributed by atoms with Gasteiger partial charge >= 0.3 is 0 Å². The zero-order valence-corrected chi connectivity index (χ0v) is 4.52. The van der Waals surface area contributed by atoms with Crippen LogP contribution in [0.4, 0.5) is 0 Å². The van der Waals surface area contributed by atoms with Crippen LogP contribution in [0.15, 0.2) is 25.3 Å². The van der Waals surface area contributed by atoms with Gasteiger partial charge in [-0.1, -0.05) is 6.58 Å². The number of nitriles is 2. The van der Waals surface area contributed by atoms with Gasteiger partial charge in [0.2, 0.25) is 0 Å². The van der Waals surface area contributed by atoms with Crippen LogP contribution < -0.4 is 0 Å². The highest BCUT2D eigenvalue weighted by atomic mass is 14.3. The average Bonchev–Trinajstić information content (AvgIpc) is 1.91. The zero-order valence-electron chi connectivity index (χ0n) is 4.52. The summed E-state index contributed by atoms with van der Waals surface area (Å²) in [5.41, 5.74) is -0.0463. The van der Waals surface area contributed by atoms with Gasteiger partial charge in [0.15, 0.2) is 0 Å². The van der Waals surface area contributed by atoms with E-state index >= 15 is 0 Å². The highest BCUT2D eigenvalue weighted by Gasteiger charge is 1.76. The Morgan fingerprint density at radius 2 is 1.38 bits per heavy atom. The minimum Gasteiger partial charge on any atom is -0.192 e. The number of hydrogen-bond acceptors (Lipinski definition) is 2. The molecule has 0 aromatic carbocycles. The van der Waals surface area contributed by atoms with E-state index in [1.807, 2.05) is 0 Å². The molecule has 0 N–H and O–H groups in total. The second-order valence-corrected chi connectivity index (χ2v) is 0.702.